The number of nitro groups is 1. The van der Waals surface area contributed by atoms with Crippen LogP contribution in [0.2, 0.25) is 0 Å². The number of nitro benzene ring substituents is 1. The van der Waals surface area contributed by atoms with Crippen LogP contribution < -0.4 is 10.2 Å². The summed E-state index contributed by atoms with van der Waals surface area (Å²) in [5, 5.41) is 13.4. The zero-order valence-corrected chi connectivity index (χ0v) is 17.4. The van der Waals surface area contributed by atoms with E-state index in [9.17, 15) is 14.9 Å². The van der Waals surface area contributed by atoms with Crippen molar-refractivity contribution in [2.24, 2.45) is 0 Å². The molecule has 0 fully saturated rings. The minimum absolute atomic E-state index is 0.0486. The molecule has 0 aliphatic rings. The molecule has 7 heteroatoms. The number of hydrogen-bond acceptors (Lipinski definition) is 4. The van der Waals surface area contributed by atoms with Crippen LogP contribution in [0.4, 0.5) is 5.69 Å². The summed E-state index contributed by atoms with van der Waals surface area (Å²) >= 11 is 1.38. The lowest BCUT2D eigenvalue weighted by Crippen LogP contribution is -3.10. The first-order chi connectivity index (χ1) is 13.4. The fourth-order valence-corrected chi connectivity index (χ4v) is 3.69. The first kappa shape index (κ1) is 21.9. The number of nitrogens with one attached hydrogen (secondary N) is 2. The monoisotopic (exact) mass is 402 g/mol. The van der Waals surface area contributed by atoms with Crippen molar-refractivity contribution in [1.82, 2.24) is 5.32 Å². The lowest BCUT2D eigenvalue weighted by molar-refractivity contribution is -0.910. The predicted octanol–water partition coefficient (Wildman–Crippen LogP) is 2.82. The van der Waals surface area contributed by atoms with E-state index in [1.165, 1.54) is 34.4 Å². The molecule has 0 aromatic heterocycles. The van der Waals surface area contributed by atoms with Crippen LogP contribution in [-0.2, 0) is 17.9 Å². The molecule has 0 unspecified atom stereocenters. The number of thioether (sulfide) groups is 1. The van der Waals surface area contributed by atoms with Crippen LogP contribution in [0, 0.1) is 10.1 Å². The number of nitrogens with zero attached hydrogens (tertiary/aromatic N) is 1. The molecular formula is C21H28N3O3S+. The van der Waals surface area contributed by atoms with E-state index in [1.54, 1.807) is 12.1 Å². The smallest absolute Gasteiger partial charge is 0.269 e. The molecule has 2 rings (SSSR count). The molecule has 0 saturated carbocycles. The Morgan fingerprint density at radius 3 is 2.18 bits per heavy atom. The third kappa shape index (κ3) is 6.65. The molecule has 0 aliphatic carbocycles. The van der Waals surface area contributed by atoms with Gasteiger partial charge in [-0.15, -0.1) is 11.8 Å². The van der Waals surface area contributed by atoms with E-state index in [-0.39, 0.29) is 16.8 Å². The van der Waals surface area contributed by atoms with Crippen molar-refractivity contribution in [1.29, 1.82) is 0 Å². The van der Waals surface area contributed by atoms with Gasteiger partial charge in [0.25, 0.3) is 5.69 Å². The average molecular weight is 403 g/mol. The van der Waals surface area contributed by atoms with Gasteiger partial charge in [-0.05, 0) is 38.5 Å². The van der Waals surface area contributed by atoms with Gasteiger partial charge in [0.15, 0.2) is 0 Å². The van der Waals surface area contributed by atoms with Crippen LogP contribution in [0.5, 0.6) is 0 Å². The minimum Gasteiger partial charge on any atom is -0.351 e. The number of hydrogen-bond donors (Lipinski definition) is 2. The van der Waals surface area contributed by atoms with E-state index in [1.807, 2.05) is 6.92 Å². The highest BCUT2D eigenvalue weighted by atomic mass is 32.2. The largest absolute Gasteiger partial charge is 0.351 e. The van der Waals surface area contributed by atoms with Gasteiger partial charge in [0, 0.05) is 29.1 Å². The van der Waals surface area contributed by atoms with E-state index < -0.39 is 4.92 Å². The van der Waals surface area contributed by atoms with Crippen LogP contribution in [0.15, 0.2) is 53.4 Å². The van der Waals surface area contributed by atoms with Crippen LogP contribution in [0.3, 0.4) is 0 Å². The van der Waals surface area contributed by atoms with Crippen LogP contribution >= 0.6 is 11.8 Å². The molecule has 28 heavy (non-hydrogen) atoms. The summed E-state index contributed by atoms with van der Waals surface area (Å²) in [6.45, 7) is 9.94. The number of carbonyl (C=O) groups is 1. The van der Waals surface area contributed by atoms with Crippen molar-refractivity contribution in [2.45, 2.75) is 44.0 Å². The van der Waals surface area contributed by atoms with E-state index in [0.29, 0.717) is 6.54 Å². The SMILES string of the molecule is CC[NH+](CC)Cc1ccc(CNC(=O)[C@H](C)Sc2ccc([N+](=O)[O-])cc2)cc1. The number of amides is 1. The molecule has 0 heterocycles. The summed E-state index contributed by atoms with van der Waals surface area (Å²) in [7, 11) is 0. The van der Waals surface area contributed by atoms with Gasteiger partial charge in [0.2, 0.25) is 5.91 Å². The summed E-state index contributed by atoms with van der Waals surface area (Å²) in [6.07, 6.45) is 0. The Bertz CT molecular complexity index is 774. The number of non-ortho nitro benzene ring substituents is 1. The molecule has 1 amide bonds. The van der Waals surface area contributed by atoms with Crippen molar-refractivity contribution in [2.75, 3.05) is 13.1 Å². The molecule has 1 atom stereocenters. The van der Waals surface area contributed by atoms with Crippen molar-refractivity contribution in [3.63, 3.8) is 0 Å². The Labute approximate surface area is 170 Å². The third-order valence-electron chi connectivity index (χ3n) is 4.67. The molecule has 2 aromatic rings. The molecule has 0 saturated heterocycles. The molecule has 0 aliphatic heterocycles. The first-order valence-corrected chi connectivity index (χ1v) is 10.4. The molecule has 6 nitrogen and oxygen atoms in total. The maximum absolute atomic E-state index is 12.3. The van der Waals surface area contributed by atoms with Crippen molar-refractivity contribution < 1.29 is 14.6 Å². The van der Waals surface area contributed by atoms with Gasteiger partial charge in [0.05, 0.1) is 23.3 Å². The number of quaternary nitrogens is 1. The second-order valence-corrected chi connectivity index (χ2v) is 8.09. The zero-order valence-electron chi connectivity index (χ0n) is 16.6. The standard InChI is InChI=1S/C21H27N3O3S/c1-4-23(5-2)15-18-8-6-17(7-9-18)14-22-21(25)16(3)28-20-12-10-19(11-13-20)24(26)27/h6-13,16H,4-5,14-15H2,1-3H3,(H,22,25)/p+1/t16-/m0/s1. The van der Waals surface area contributed by atoms with Gasteiger partial charge >= 0.3 is 0 Å². The summed E-state index contributed by atoms with van der Waals surface area (Å²) in [4.78, 5) is 25.0. The lowest BCUT2D eigenvalue weighted by Gasteiger charge is -2.15. The van der Waals surface area contributed by atoms with Gasteiger partial charge in [-0.25, -0.2) is 0 Å². The minimum atomic E-state index is -0.431. The van der Waals surface area contributed by atoms with Crippen LogP contribution in [0.1, 0.15) is 31.9 Å². The van der Waals surface area contributed by atoms with Crippen LogP contribution in [-0.4, -0.2) is 29.2 Å². The predicted molar refractivity (Wildman–Crippen MR) is 112 cm³/mol. The highest BCUT2D eigenvalue weighted by molar-refractivity contribution is 8.00. The Hall–Kier alpha value is -2.38. The molecule has 0 spiro atoms. The molecule has 0 bridgehead atoms. The van der Waals surface area contributed by atoms with E-state index in [0.717, 1.165) is 30.1 Å². The summed E-state index contributed by atoms with van der Waals surface area (Å²) in [6, 6.07) is 14.6. The first-order valence-electron chi connectivity index (χ1n) is 9.53. The number of carbonyl (C=O) groups excluding carboxylic acids is 1. The summed E-state index contributed by atoms with van der Waals surface area (Å²) in [5.41, 5.74) is 2.42. The Morgan fingerprint density at radius 2 is 1.64 bits per heavy atom. The van der Waals surface area contributed by atoms with Gasteiger partial charge < -0.3 is 10.2 Å². The third-order valence-corrected chi connectivity index (χ3v) is 5.79. The topological polar surface area (TPSA) is 76.7 Å². The quantitative estimate of drug-likeness (QED) is 0.364. The zero-order chi connectivity index (χ0) is 20.5. The van der Waals surface area contributed by atoms with E-state index in [2.05, 4.69) is 43.4 Å². The molecule has 150 valence electrons. The van der Waals surface area contributed by atoms with Crippen molar-refractivity contribution in [3.8, 4) is 0 Å². The molecule has 2 N–H and O–H groups in total. The fourth-order valence-electron chi connectivity index (χ4n) is 2.80. The highest BCUT2D eigenvalue weighted by Crippen LogP contribution is 2.25. The summed E-state index contributed by atoms with van der Waals surface area (Å²) < 4.78 is 0. The maximum Gasteiger partial charge on any atom is 0.269 e. The van der Waals surface area contributed by atoms with Crippen molar-refractivity contribution in [3.05, 3.63) is 69.8 Å². The molecular weight excluding hydrogens is 374 g/mol. The maximum atomic E-state index is 12.3. The molecule has 2 aromatic carbocycles. The van der Waals surface area contributed by atoms with Crippen molar-refractivity contribution >= 4 is 23.4 Å². The van der Waals surface area contributed by atoms with Gasteiger partial charge in [-0.1, -0.05) is 24.3 Å². The number of rotatable bonds is 10. The second kappa shape index (κ2) is 10.8. The van der Waals surface area contributed by atoms with E-state index >= 15 is 0 Å². The average Bonchev–Trinajstić information content (AvgIpc) is 2.71. The Balaban J connectivity index is 1.83. The Morgan fingerprint density at radius 1 is 1.07 bits per heavy atom. The number of benzene rings is 2. The van der Waals surface area contributed by atoms with Gasteiger partial charge in [-0.2, -0.15) is 0 Å². The fraction of sp³-hybridized carbons (Fsp3) is 0.381. The van der Waals surface area contributed by atoms with E-state index in [4.69, 9.17) is 0 Å². The lowest BCUT2D eigenvalue weighted by atomic mass is 10.1. The Kier molecular flexibility index (Phi) is 8.47. The highest BCUT2D eigenvalue weighted by Gasteiger charge is 2.15. The van der Waals surface area contributed by atoms with Gasteiger partial charge in [-0.3, -0.25) is 14.9 Å². The molecule has 0 radical (unpaired) electrons. The second-order valence-electron chi connectivity index (χ2n) is 6.68. The van der Waals surface area contributed by atoms with Crippen LogP contribution in [0.25, 0.3) is 0 Å². The normalized spacial score (nSPS) is 12.0. The van der Waals surface area contributed by atoms with Gasteiger partial charge in [0.1, 0.15) is 6.54 Å². The summed E-state index contributed by atoms with van der Waals surface area (Å²) in [5.74, 6) is -0.0555.